The molecule has 3 aromatic rings. The molecule has 1 fully saturated rings. The van der Waals surface area contributed by atoms with Crippen LogP contribution in [-0.4, -0.2) is 43.6 Å². The minimum absolute atomic E-state index is 0.0853. The normalized spacial score (nSPS) is 21.2. The van der Waals surface area contributed by atoms with Crippen LogP contribution in [0.1, 0.15) is 23.7 Å². The van der Waals surface area contributed by atoms with Gasteiger partial charge in [0.2, 0.25) is 0 Å². The highest BCUT2D eigenvalue weighted by Gasteiger charge is 2.26. The molecule has 2 aromatic heterocycles. The number of fused-ring (bicyclic) bond motifs is 1. The number of carbonyl (C=O) groups is 1. The zero-order valence-electron chi connectivity index (χ0n) is 15.5. The summed E-state index contributed by atoms with van der Waals surface area (Å²) in [5.74, 6) is 0.881. The van der Waals surface area contributed by atoms with Crippen LogP contribution >= 0.6 is 11.3 Å². The summed E-state index contributed by atoms with van der Waals surface area (Å²) in [7, 11) is 0. The van der Waals surface area contributed by atoms with E-state index in [1.807, 2.05) is 25.1 Å². The Morgan fingerprint density at radius 1 is 1.19 bits per heavy atom. The molecule has 1 amide bonds. The van der Waals surface area contributed by atoms with Crippen molar-refractivity contribution < 1.29 is 19.0 Å². The third kappa shape index (κ3) is 4.55. The van der Waals surface area contributed by atoms with Crippen molar-refractivity contribution in [1.29, 1.82) is 0 Å². The Balaban J connectivity index is 1.23. The van der Waals surface area contributed by atoms with Gasteiger partial charge < -0.3 is 19.5 Å². The maximum absolute atomic E-state index is 12.3. The predicted octanol–water partition coefficient (Wildman–Crippen LogP) is 0.0501. The zero-order chi connectivity index (χ0) is 18.6. The van der Waals surface area contributed by atoms with Gasteiger partial charge in [-0.15, -0.1) is 11.3 Å². The number of carbonyl (C=O) groups excluding carboxylic acids is 1. The van der Waals surface area contributed by atoms with Crippen molar-refractivity contribution in [2.24, 2.45) is 0 Å². The summed E-state index contributed by atoms with van der Waals surface area (Å²) in [5.41, 5.74) is 1.10. The van der Waals surface area contributed by atoms with Gasteiger partial charge in [0.05, 0.1) is 22.5 Å². The summed E-state index contributed by atoms with van der Waals surface area (Å²) < 4.78 is 6.61. The third-order valence-corrected chi connectivity index (χ3v) is 6.20. The van der Waals surface area contributed by atoms with Crippen molar-refractivity contribution in [1.82, 2.24) is 10.3 Å². The van der Waals surface area contributed by atoms with E-state index in [2.05, 4.69) is 23.5 Å². The number of nitrogens with one attached hydrogen (secondary N) is 3. The van der Waals surface area contributed by atoms with E-state index in [9.17, 15) is 4.79 Å². The van der Waals surface area contributed by atoms with Crippen LogP contribution in [0.25, 0.3) is 10.2 Å². The molecule has 3 N–H and O–H groups in total. The summed E-state index contributed by atoms with van der Waals surface area (Å²) in [6, 6.07) is 12.0. The molecule has 0 aliphatic carbocycles. The predicted molar refractivity (Wildman–Crippen MR) is 105 cm³/mol. The molecular formula is C20H26N4O2S+2. The first-order valence-corrected chi connectivity index (χ1v) is 10.3. The lowest BCUT2D eigenvalue weighted by Gasteiger charge is -2.29. The minimum Gasteiger partial charge on any atom is -0.467 e. The molecule has 0 radical (unpaired) electrons. The van der Waals surface area contributed by atoms with Gasteiger partial charge in [0.15, 0.2) is 6.54 Å². The first-order chi connectivity index (χ1) is 13.2. The number of piperazine rings is 1. The molecule has 4 rings (SSSR count). The number of hydrogen-bond donors (Lipinski definition) is 3. The Morgan fingerprint density at radius 3 is 2.70 bits per heavy atom. The Labute approximate surface area is 162 Å². The lowest BCUT2D eigenvalue weighted by Crippen LogP contribution is -3.28. The molecule has 1 atom stereocenters. The summed E-state index contributed by atoms with van der Waals surface area (Å²) in [6.07, 6.45) is 1.64. The SMILES string of the molecule is C[C@@H](NC(=O)C[NH+]1CC[NH+](Cc2nc3ccccc3s2)CC1)c1ccco1. The highest BCUT2D eigenvalue weighted by Crippen LogP contribution is 2.20. The molecule has 0 saturated carbocycles. The molecule has 0 spiro atoms. The second-order valence-corrected chi connectivity index (χ2v) is 8.35. The number of furan rings is 1. The van der Waals surface area contributed by atoms with Crippen LogP contribution in [0.3, 0.4) is 0 Å². The third-order valence-electron chi connectivity index (χ3n) is 5.16. The monoisotopic (exact) mass is 386 g/mol. The number of amides is 1. The van der Waals surface area contributed by atoms with Gasteiger partial charge in [0, 0.05) is 0 Å². The lowest BCUT2D eigenvalue weighted by molar-refractivity contribution is -1.02. The fourth-order valence-electron chi connectivity index (χ4n) is 3.65. The summed E-state index contributed by atoms with van der Waals surface area (Å²) in [5, 5.41) is 4.23. The lowest BCUT2D eigenvalue weighted by atomic mass is 10.2. The van der Waals surface area contributed by atoms with E-state index in [1.165, 1.54) is 14.6 Å². The number of thiazole rings is 1. The fourth-order valence-corrected chi connectivity index (χ4v) is 4.69. The molecule has 3 heterocycles. The first kappa shape index (κ1) is 18.2. The molecule has 1 saturated heterocycles. The van der Waals surface area contributed by atoms with Gasteiger partial charge in [-0.1, -0.05) is 12.1 Å². The highest BCUT2D eigenvalue weighted by molar-refractivity contribution is 7.18. The second-order valence-electron chi connectivity index (χ2n) is 7.23. The van der Waals surface area contributed by atoms with E-state index < -0.39 is 0 Å². The molecule has 0 bridgehead atoms. The van der Waals surface area contributed by atoms with Crippen LogP contribution in [-0.2, 0) is 11.3 Å². The number of rotatable bonds is 6. The minimum atomic E-state index is -0.0853. The van der Waals surface area contributed by atoms with Crippen LogP contribution in [0.5, 0.6) is 0 Å². The van der Waals surface area contributed by atoms with E-state index in [-0.39, 0.29) is 11.9 Å². The van der Waals surface area contributed by atoms with Crippen LogP contribution in [0, 0.1) is 0 Å². The largest absolute Gasteiger partial charge is 0.467 e. The fraction of sp³-hybridized carbons (Fsp3) is 0.400. The van der Waals surface area contributed by atoms with E-state index in [4.69, 9.17) is 9.40 Å². The van der Waals surface area contributed by atoms with E-state index in [1.54, 1.807) is 22.5 Å². The molecule has 6 nitrogen and oxygen atoms in total. The van der Waals surface area contributed by atoms with E-state index in [0.29, 0.717) is 6.54 Å². The van der Waals surface area contributed by atoms with Crippen LogP contribution < -0.4 is 15.1 Å². The van der Waals surface area contributed by atoms with Gasteiger partial charge in [-0.25, -0.2) is 4.98 Å². The van der Waals surface area contributed by atoms with E-state index in [0.717, 1.165) is 44.0 Å². The van der Waals surface area contributed by atoms with Gasteiger partial charge >= 0.3 is 0 Å². The smallest absolute Gasteiger partial charge is 0.275 e. The Morgan fingerprint density at radius 2 is 1.96 bits per heavy atom. The first-order valence-electron chi connectivity index (χ1n) is 9.52. The van der Waals surface area contributed by atoms with Gasteiger partial charge in [0.1, 0.15) is 43.5 Å². The molecule has 0 unspecified atom stereocenters. The standard InChI is InChI=1S/C20H24N4O2S/c1-15(17-6-4-12-26-17)21-19(25)13-23-8-10-24(11-9-23)14-20-22-16-5-2-3-7-18(16)27-20/h2-7,12,15H,8-11,13-14H2,1H3,(H,21,25)/p+2/t15-/m1/s1. The molecule has 7 heteroatoms. The van der Waals surface area contributed by atoms with Crippen molar-refractivity contribution in [3.63, 3.8) is 0 Å². The molecule has 1 aliphatic heterocycles. The van der Waals surface area contributed by atoms with Gasteiger partial charge in [-0.2, -0.15) is 0 Å². The highest BCUT2D eigenvalue weighted by atomic mass is 32.1. The summed E-state index contributed by atoms with van der Waals surface area (Å²) in [4.78, 5) is 20.0. The average Bonchev–Trinajstić information content (AvgIpc) is 3.32. The molecule has 27 heavy (non-hydrogen) atoms. The second kappa shape index (κ2) is 8.21. The van der Waals surface area contributed by atoms with Crippen molar-refractivity contribution in [3.8, 4) is 0 Å². The van der Waals surface area contributed by atoms with Crippen molar-refractivity contribution in [3.05, 3.63) is 53.4 Å². The number of benzene rings is 1. The van der Waals surface area contributed by atoms with Crippen molar-refractivity contribution in [2.45, 2.75) is 19.5 Å². The average molecular weight is 387 g/mol. The molecular weight excluding hydrogens is 360 g/mol. The number of nitrogens with zero attached hydrogens (tertiary/aromatic N) is 1. The maximum atomic E-state index is 12.3. The van der Waals surface area contributed by atoms with E-state index >= 15 is 0 Å². The number of aromatic nitrogens is 1. The van der Waals surface area contributed by atoms with Crippen molar-refractivity contribution >= 4 is 27.5 Å². The van der Waals surface area contributed by atoms with Crippen LogP contribution in [0.15, 0.2) is 47.1 Å². The Bertz CT molecular complexity index is 851. The topological polar surface area (TPSA) is 64.0 Å². The molecule has 142 valence electrons. The number of para-hydroxylation sites is 1. The molecule has 1 aliphatic rings. The van der Waals surface area contributed by atoms with Gasteiger partial charge in [-0.05, 0) is 31.2 Å². The quantitative estimate of drug-likeness (QED) is 0.561. The number of hydrogen-bond acceptors (Lipinski definition) is 4. The zero-order valence-corrected chi connectivity index (χ0v) is 16.3. The number of quaternary nitrogens is 2. The van der Waals surface area contributed by atoms with Gasteiger partial charge in [0.25, 0.3) is 5.91 Å². The Hall–Kier alpha value is -2.22. The van der Waals surface area contributed by atoms with Crippen molar-refractivity contribution in [2.75, 3.05) is 32.7 Å². The van der Waals surface area contributed by atoms with Crippen LogP contribution in [0.4, 0.5) is 0 Å². The van der Waals surface area contributed by atoms with Crippen LogP contribution in [0.2, 0.25) is 0 Å². The summed E-state index contributed by atoms with van der Waals surface area (Å²) in [6.45, 7) is 7.64. The summed E-state index contributed by atoms with van der Waals surface area (Å²) >= 11 is 1.80. The Kier molecular flexibility index (Phi) is 5.52. The molecule has 1 aromatic carbocycles. The maximum Gasteiger partial charge on any atom is 0.275 e. The van der Waals surface area contributed by atoms with Gasteiger partial charge in [-0.3, -0.25) is 4.79 Å².